The fourth-order valence-electron chi connectivity index (χ4n) is 4.83. The number of carbonyl (C=O) groups excluding carboxylic acids is 2. The molecule has 1 aromatic carbocycles. The molecule has 0 spiro atoms. The van der Waals surface area contributed by atoms with Crippen molar-refractivity contribution in [1.29, 1.82) is 0 Å². The molecule has 0 unspecified atom stereocenters. The molecule has 3 rings (SSSR count). The Morgan fingerprint density at radius 3 is 2.67 bits per heavy atom. The van der Waals surface area contributed by atoms with Crippen LogP contribution in [0, 0.1) is 23.1 Å². The van der Waals surface area contributed by atoms with Crippen molar-refractivity contribution in [1.82, 2.24) is 10.2 Å². The van der Waals surface area contributed by atoms with Crippen LogP contribution in [0.2, 0.25) is 0 Å². The summed E-state index contributed by atoms with van der Waals surface area (Å²) >= 11 is 0. The van der Waals surface area contributed by atoms with Crippen LogP contribution in [0.3, 0.4) is 0 Å². The minimum Gasteiger partial charge on any atom is -0.505 e. The molecule has 1 heterocycles. The Labute approximate surface area is 177 Å². The van der Waals surface area contributed by atoms with Gasteiger partial charge in [-0.05, 0) is 61.5 Å². The molecule has 6 nitrogen and oxygen atoms in total. The Kier molecular flexibility index (Phi) is 7.01. The van der Waals surface area contributed by atoms with Crippen molar-refractivity contribution in [3.63, 3.8) is 0 Å². The van der Waals surface area contributed by atoms with Gasteiger partial charge in [-0.25, -0.2) is 4.39 Å². The lowest BCUT2D eigenvalue weighted by atomic mass is 9.68. The zero-order chi connectivity index (χ0) is 21.9. The third-order valence-electron chi connectivity index (χ3n) is 6.66. The van der Waals surface area contributed by atoms with Crippen LogP contribution in [0.25, 0.3) is 0 Å². The first kappa shape index (κ1) is 22.5. The second-order valence-corrected chi connectivity index (χ2v) is 9.23. The summed E-state index contributed by atoms with van der Waals surface area (Å²) in [6.07, 6.45) is 4.20. The number of amides is 1. The number of ether oxygens (including phenoxy) is 1. The SMILES string of the molecule is CCOC(=O)CNCC(C)(C)C1CCC(CN2Cc3ccc(O)c(F)c3C2=O)CC1. The number of nitrogens with one attached hydrogen (secondary N) is 1. The maximum Gasteiger partial charge on any atom is 0.319 e. The average molecular weight is 421 g/mol. The van der Waals surface area contributed by atoms with Crippen LogP contribution in [0.15, 0.2) is 12.1 Å². The quantitative estimate of drug-likeness (QED) is 0.630. The van der Waals surface area contributed by atoms with Gasteiger partial charge in [0.05, 0.1) is 18.7 Å². The molecule has 1 fully saturated rings. The second kappa shape index (κ2) is 9.33. The zero-order valence-electron chi connectivity index (χ0n) is 18.2. The number of nitrogens with zero attached hydrogens (tertiary/aromatic N) is 1. The number of phenolic OH excluding ortho intramolecular Hbond substituents is 1. The highest BCUT2D eigenvalue weighted by molar-refractivity contribution is 5.99. The van der Waals surface area contributed by atoms with E-state index in [1.165, 1.54) is 6.07 Å². The van der Waals surface area contributed by atoms with Gasteiger partial charge in [0, 0.05) is 19.6 Å². The number of hydrogen-bond acceptors (Lipinski definition) is 5. The van der Waals surface area contributed by atoms with Crippen molar-refractivity contribution >= 4 is 11.9 Å². The second-order valence-electron chi connectivity index (χ2n) is 9.23. The van der Waals surface area contributed by atoms with Crippen LogP contribution in [0.1, 0.15) is 62.4 Å². The first-order valence-electron chi connectivity index (χ1n) is 10.9. The smallest absolute Gasteiger partial charge is 0.319 e. The molecule has 7 heteroatoms. The van der Waals surface area contributed by atoms with Crippen LogP contribution in [-0.4, -0.2) is 48.1 Å². The van der Waals surface area contributed by atoms with Gasteiger partial charge in [0.2, 0.25) is 0 Å². The average Bonchev–Trinajstić information content (AvgIpc) is 3.01. The van der Waals surface area contributed by atoms with E-state index in [1.807, 2.05) is 0 Å². The topological polar surface area (TPSA) is 78.9 Å². The van der Waals surface area contributed by atoms with E-state index in [4.69, 9.17) is 4.74 Å². The van der Waals surface area contributed by atoms with Crippen molar-refractivity contribution in [3.05, 3.63) is 29.1 Å². The number of halogens is 1. The number of esters is 1. The van der Waals surface area contributed by atoms with Gasteiger partial charge >= 0.3 is 5.97 Å². The molecule has 0 bridgehead atoms. The van der Waals surface area contributed by atoms with Crippen molar-refractivity contribution in [2.75, 3.05) is 26.2 Å². The fraction of sp³-hybridized carbons (Fsp3) is 0.652. The Hall–Kier alpha value is -2.15. The van der Waals surface area contributed by atoms with Gasteiger partial charge in [-0.15, -0.1) is 0 Å². The number of rotatable bonds is 8. The molecule has 0 aromatic heterocycles. The Balaban J connectivity index is 1.47. The molecule has 30 heavy (non-hydrogen) atoms. The lowest BCUT2D eigenvalue weighted by Crippen LogP contribution is -2.40. The third kappa shape index (κ3) is 4.94. The van der Waals surface area contributed by atoms with E-state index in [0.29, 0.717) is 37.1 Å². The summed E-state index contributed by atoms with van der Waals surface area (Å²) in [5.41, 5.74) is 0.743. The number of carbonyl (C=O) groups is 2. The van der Waals surface area contributed by atoms with Gasteiger partial charge in [-0.2, -0.15) is 0 Å². The number of fused-ring (bicyclic) bond motifs is 1. The minimum atomic E-state index is -0.805. The van der Waals surface area contributed by atoms with Crippen molar-refractivity contribution in [2.45, 2.75) is 53.0 Å². The molecule has 166 valence electrons. The van der Waals surface area contributed by atoms with E-state index in [2.05, 4.69) is 19.2 Å². The van der Waals surface area contributed by atoms with E-state index in [9.17, 15) is 19.1 Å². The largest absolute Gasteiger partial charge is 0.505 e. The maximum atomic E-state index is 14.1. The third-order valence-corrected chi connectivity index (χ3v) is 6.66. The molecule has 2 aliphatic rings. The predicted molar refractivity (Wildman–Crippen MR) is 112 cm³/mol. The molecule has 2 N–H and O–H groups in total. The van der Waals surface area contributed by atoms with E-state index < -0.39 is 11.6 Å². The molecule has 0 atom stereocenters. The molecule has 1 saturated carbocycles. The summed E-state index contributed by atoms with van der Waals surface area (Å²) in [5.74, 6) is -0.866. The summed E-state index contributed by atoms with van der Waals surface area (Å²) in [5, 5.41) is 12.8. The monoisotopic (exact) mass is 420 g/mol. The first-order valence-corrected chi connectivity index (χ1v) is 10.9. The summed E-state index contributed by atoms with van der Waals surface area (Å²) < 4.78 is 19.1. The summed E-state index contributed by atoms with van der Waals surface area (Å²) in [6, 6.07) is 2.95. The highest BCUT2D eigenvalue weighted by Crippen LogP contribution is 2.41. The van der Waals surface area contributed by atoms with E-state index in [0.717, 1.165) is 32.2 Å². The molecule has 0 saturated heterocycles. The zero-order valence-corrected chi connectivity index (χ0v) is 18.2. The van der Waals surface area contributed by atoms with Gasteiger partial charge < -0.3 is 20.1 Å². The minimum absolute atomic E-state index is 0.0255. The van der Waals surface area contributed by atoms with Crippen LogP contribution in [0.5, 0.6) is 5.75 Å². The normalized spacial score (nSPS) is 21.6. The van der Waals surface area contributed by atoms with Crippen molar-refractivity contribution in [3.8, 4) is 5.75 Å². The molecule has 0 radical (unpaired) electrons. The Bertz CT molecular complexity index is 788. The van der Waals surface area contributed by atoms with E-state index in [-0.39, 0.29) is 29.4 Å². The van der Waals surface area contributed by atoms with Crippen molar-refractivity contribution < 1.29 is 23.8 Å². The van der Waals surface area contributed by atoms with Gasteiger partial charge in [-0.1, -0.05) is 19.9 Å². The maximum absolute atomic E-state index is 14.1. The standard InChI is InChI=1S/C23H33FN2O4/c1-4-30-19(28)11-25-14-23(2,3)17-8-5-15(6-9-17)12-26-13-16-7-10-18(27)21(24)20(16)22(26)29/h7,10,15,17,25,27H,4-6,8-9,11-14H2,1-3H3. The number of benzene rings is 1. The van der Waals surface area contributed by atoms with E-state index in [1.54, 1.807) is 17.9 Å². The molecular weight excluding hydrogens is 387 g/mol. The lowest BCUT2D eigenvalue weighted by Gasteiger charge is -2.40. The predicted octanol–water partition coefficient (Wildman–Crippen LogP) is 3.47. The number of aromatic hydroxyl groups is 1. The molecule has 1 aromatic rings. The number of phenols is 1. The van der Waals surface area contributed by atoms with Gasteiger partial charge in [0.25, 0.3) is 5.91 Å². The van der Waals surface area contributed by atoms with Gasteiger partial charge in [-0.3, -0.25) is 9.59 Å². The van der Waals surface area contributed by atoms with Gasteiger partial charge in [0.15, 0.2) is 11.6 Å². The summed E-state index contributed by atoms with van der Waals surface area (Å²) in [7, 11) is 0. The van der Waals surface area contributed by atoms with E-state index >= 15 is 0 Å². The number of hydrogen-bond donors (Lipinski definition) is 2. The molecule has 1 aliphatic carbocycles. The Morgan fingerprint density at radius 2 is 2.00 bits per heavy atom. The highest BCUT2D eigenvalue weighted by Gasteiger charge is 2.36. The van der Waals surface area contributed by atoms with Crippen molar-refractivity contribution in [2.24, 2.45) is 17.3 Å². The molecular formula is C23H33FN2O4. The summed E-state index contributed by atoms with van der Waals surface area (Å²) in [6.45, 7) is 8.68. The van der Waals surface area contributed by atoms with Crippen LogP contribution >= 0.6 is 0 Å². The Morgan fingerprint density at radius 1 is 1.30 bits per heavy atom. The lowest BCUT2D eigenvalue weighted by molar-refractivity contribution is -0.142. The first-order chi connectivity index (χ1) is 14.2. The van der Waals surface area contributed by atoms with Gasteiger partial charge in [0.1, 0.15) is 0 Å². The van der Waals surface area contributed by atoms with Crippen LogP contribution in [-0.2, 0) is 16.1 Å². The fourth-order valence-corrected chi connectivity index (χ4v) is 4.83. The molecule has 1 amide bonds. The molecule has 1 aliphatic heterocycles. The van der Waals surface area contributed by atoms with Crippen LogP contribution < -0.4 is 5.32 Å². The summed E-state index contributed by atoms with van der Waals surface area (Å²) in [4.78, 5) is 25.8. The highest BCUT2D eigenvalue weighted by atomic mass is 19.1. The van der Waals surface area contributed by atoms with Crippen LogP contribution in [0.4, 0.5) is 4.39 Å².